The molecule has 0 atom stereocenters. The molecule has 1 aliphatic heterocycles. The number of fused-ring (bicyclic) bond motifs is 1. The van der Waals surface area contributed by atoms with Crippen molar-refractivity contribution < 1.29 is 9.84 Å². The Morgan fingerprint density at radius 3 is 2.23 bits per heavy atom. The van der Waals surface area contributed by atoms with Crippen molar-refractivity contribution in [2.24, 2.45) is 9.98 Å². The third kappa shape index (κ3) is 3.09. The van der Waals surface area contributed by atoms with E-state index in [2.05, 4.69) is 0 Å². The predicted molar refractivity (Wildman–Crippen MR) is 105 cm³/mol. The number of nitrogens with zero attached hydrogens (tertiary/aromatic N) is 2. The van der Waals surface area contributed by atoms with Gasteiger partial charge in [0.1, 0.15) is 11.5 Å². The van der Waals surface area contributed by atoms with E-state index in [1.807, 2.05) is 60.7 Å². The van der Waals surface area contributed by atoms with Gasteiger partial charge in [-0.15, -0.1) is 0 Å². The van der Waals surface area contributed by atoms with E-state index in [0.717, 1.165) is 39.7 Å². The minimum atomic E-state index is 0.218. The number of methoxy groups -OCH3 is 1. The van der Waals surface area contributed by atoms with Crippen LogP contribution in [0.5, 0.6) is 11.5 Å². The quantitative estimate of drug-likeness (QED) is 0.724. The van der Waals surface area contributed by atoms with Gasteiger partial charge in [0, 0.05) is 17.5 Å². The smallest absolute Gasteiger partial charge is 0.124 e. The lowest BCUT2D eigenvalue weighted by Crippen LogP contribution is -2.10. The molecule has 128 valence electrons. The molecule has 0 bridgehead atoms. The van der Waals surface area contributed by atoms with Crippen molar-refractivity contribution >= 4 is 22.8 Å². The summed E-state index contributed by atoms with van der Waals surface area (Å²) in [6, 6.07) is 22.9. The Labute approximate surface area is 152 Å². The molecule has 0 aromatic heterocycles. The maximum Gasteiger partial charge on any atom is 0.124 e. The van der Waals surface area contributed by atoms with E-state index in [1.165, 1.54) is 0 Å². The Bertz CT molecular complexity index is 1020. The summed E-state index contributed by atoms with van der Waals surface area (Å²) in [5.41, 5.74) is 4.98. The van der Waals surface area contributed by atoms with Crippen LogP contribution in [-0.2, 0) is 0 Å². The molecule has 0 saturated carbocycles. The van der Waals surface area contributed by atoms with E-state index in [0.29, 0.717) is 6.42 Å². The second kappa shape index (κ2) is 6.84. The fraction of sp³-hybridized carbons (Fsp3) is 0.0909. The molecule has 1 aliphatic rings. The largest absolute Gasteiger partial charge is 0.507 e. The van der Waals surface area contributed by atoms with Gasteiger partial charge in [0.05, 0.1) is 29.9 Å². The number of aliphatic imine (C=N–C) groups is 2. The van der Waals surface area contributed by atoms with Crippen LogP contribution < -0.4 is 4.74 Å². The summed E-state index contributed by atoms with van der Waals surface area (Å²) in [7, 11) is 1.65. The zero-order valence-corrected chi connectivity index (χ0v) is 14.4. The molecule has 26 heavy (non-hydrogen) atoms. The summed E-state index contributed by atoms with van der Waals surface area (Å²) in [5, 5.41) is 10.3. The summed E-state index contributed by atoms with van der Waals surface area (Å²) in [4.78, 5) is 9.65. The van der Waals surface area contributed by atoms with E-state index >= 15 is 0 Å². The second-order valence-corrected chi connectivity index (χ2v) is 6.03. The van der Waals surface area contributed by atoms with Crippen molar-refractivity contribution in [1.29, 1.82) is 0 Å². The van der Waals surface area contributed by atoms with Gasteiger partial charge in [0.15, 0.2) is 0 Å². The van der Waals surface area contributed by atoms with Gasteiger partial charge in [-0.2, -0.15) is 0 Å². The minimum absolute atomic E-state index is 0.218. The van der Waals surface area contributed by atoms with Crippen molar-refractivity contribution in [3.05, 3.63) is 83.9 Å². The second-order valence-electron chi connectivity index (χ2n) is 6.03. The summed E-state index contributed by atoms with van der Waals surface area (Å²) in [6.07, 6.45) is 0.513. The monoisotopic (exact) mass is 342 g/mol. The molecule has 4 nitrogen and oxygen atoms in total. The average Bonchev–Trinajstić information content (AvgIpc) is 2.88. The molecular formula is C22H18N2O2. The topological polar surface area (TPSA) is 54.2 Å². The van der Waals surface area contributed by atoms with Crippen LogP contribution in [0.4, 0.5) is 11.4 Å². The van der Waals surface area contributed by atoms with Gasteiger partial charge in [-0.1, -0.05) is 36.4 Å². The lowest BCUT2D eigenvalue weighted by atomic mass is 9.99. The first kappa shape index (κ1) is 16.1. The SMILES string of the molecule is COc1cccc(C2=Nc3ccccc3N=C(c3ccccc3O)C2)c1. The van der Waals surface area contributed by atoms with Crippen LogP contribution in [0.15, 0.2) is 82.8 Å². The van der Waals surface area contributed by atoms with Crippen molar-refractivity contribution in [3.63, 3.8) is 0 Å². The van der Waals surface area contributed by atoms with Crippen LogP contribution >= 0.6 is 0 Å². The number of phenolic OH excluding ortho intramolecular Hbond substituents is 1. The van der Waals surface area contributed by atoms with E-state index in [-0.39, 0.29) is 5.75 Å². The molecule has 0 saturated heterocycles. The summed E-state index contributed by atoms with van der Waals surface area (Å²) < 4.78 is 5.35. The lowest BCUT2D eigenvalue weighted by molar-refractivity contribution is 0.414. The van der Waals surface area contributed by atoms with E-state index < -0.39 is 0 Å². The first-order chi connectivity index (χ1) is 12.7. The first-order valence-corrected chi connectivity index (χ1v) is 8.41. The van der Waals surface area contributed by atoms with Crippen molar-refractivity contribution in [2.45, 2.75) is 6.42 Å². The van der Waals surface area contributed by atoms with Gasteiger partial charge >= 0.3 is 0 Å². The van der Waals surface area contributed by atoms with E-state index in [9.17, 15) is 5.11 Å². The normalized spacial score (nSPS) is 13.3. The van der Waals surface area contributed by atoms with Crippen LogP contribution in [0.25, 0.3) is 0 Å². The maximum absolute atomic E-state index is 10.3. The van der Waals surface area contributed by atoms with Gasteiger partial charge < -0.3 is 9.84 Å². The molecule has 3 aromatic carbocycles. The third-order valence-corrected chi connectivity index (χ3v) is 4.35. The molecule has 4 heteroatoms. The van der Waals surface area contributed by atoms with Crippen molar-refractivity contribution in [3.8, 4) is 11.5 Å². The molecule has 0 radical (unpaired) electrons. The minimum Gasteiger partial charge on any atom is -0.507 e. The van der Waals surface area contributed by atoms with Crippen molar-refractivity contribution in [2.75, 3.05) is 7.11 Å². The highest BCUT2D eigenvalue weighted by Gasteiger charge is 2.18. The molecule has 0 unspecified atom stereocenters. The van der Waals surface area contributed by atoms with Gasteiger partial charge in [0.2, 0.25) is 0 Å². The highest BCUT2D eigenvalue weighted by atomic mass is 16.5. The van der Waals surface area contributed by atoms with E-state index in [4.69, 9.17) is 14.7 Å². The number of para-hydroxylation sites is 3. The maximum atomic E-state index is 10.3. The summed E-state index contributed by atoms with van der Waals surface area (Å²) in [5.74, 6) is 0.999. The number of benzene rings is 3. The zero-order chi connectivity index (χ0) is 17.9. The van der Waals surface area contributed by atoms with Gasteiger partial charge in [-0.05, 0) is 36.4 Å². The first-order valence-electron chi connectivity index (χ1n) is 8.41. The number of hydrogen-bond acceptors (Lipinski definition) is 4. The number of hydrogen-bond donors (Lipinski definition) is 1. The summed E-state index contributed by atoms with van der Waals surface area (Å²) >= 11 is 0. The standard InChI is InChI=1S/C22H18N2O2/c1-26-16-8-6-7-15(13-16)20-14-21(17-9-2-5-12-22(17)25)24-19-11-4-3-10-18(19)23-20/h2-13,25H,14H2,1H3. The average molecular weight is 342 g/mol. The molecule has 0 aliphatic carbocycles. The predicted octanol–water partition coefficient (Wildman–Crippen LogP) is 5.05. The Kier molecular flexibility index (Phi) is 4.23. The Hall–Kier alpha value is -3.40. The van der Waals surface area contributed by atoms with Gasteiger partial charge in [0.25, 0.3) is 0 Å². The lowest BCUT2D eigenvalue weighted by Gasteiger charge is -2.10. The van der Waals surface area contributed by atoms with Crippen LogP contribution in [0.3, 0.4) is 0 Å². The Morgan fingerprint density at radius 2 is 1.50 bits per heavy atom. The van der Waals surface area contributed by atoms with Gasteiger partial charge in [-0.25, -0.2) is 0 Å². The number of ether oxygens (including phenoxy) is 1. The van der Waals surface area contributed by atoms with Crippen molar-refractivity contribution in [1.82, 2.24) is 0 Å². The zero-order valence-electron chi connectivity index (χ0n) is 14.4. The third-order valence-electron chi connectivity index (χ3n) is 4.35. The van der Waals surface area contributed by atoms with Gasteiger partial charge in [-0.3, -0.25) is 9.98 Å². The fourth-order valence-corrected chi connectivity index (χ4v) is 3.02. The molecule has 0 fully saturated rings. The molecule has 0 spiro atoms. The fourth-order valence-electron chi connectivity index (χ4n) is 3.02. The number of aromatic hydroxyl groups is 1. The Balaban J connectivity index is 1.87. The molecule has 4 rings (SSSR count). The highest BCUT2D eigenvalue weighted by molar-refractivity contribution is 6.21. The van der Waals surface area contributed by atoms with Crippen LogP contribution in [0, 0.1) is 0 Å². The van der Waals surface area contributed by atoms with Crippen LogP contribution in [-0.4, -0.2) is 23.6 Å². The van der Waals surface area contributed by atoms with Crippen LogP contribution in [0.1, 0.15) is 17.5 Å². The Morgan fingerprint density at radius 1 is 0.808 bits per heavy atom. The number of phenols is 1. The number of rotatable bonds is 3. The molecule has 1 N–H and O–H groups in total. The molecule has 0 amide bonds. The molecule has 1 heterocycles. The highest BCUT2D eigenvalue weighted by Crippen LogP contribution is 2.34. The van der Waals surface area contributed by atoms with E-state index in [1.54, 1.807) is 19.2 Å². The molecular weight excluding hydrogens is 324 g/mol. The van der Waals surface area contributed by atoms with Crippen LogP contribution in [0.2, 0.25) is 0 Å². The molecule has 3 aromatic rings. The summed E-state index contributed by atoms with van der Waals surface area (Å²) in [6.45, 7) is 0.